The minimum Gasteiger partial charge on any atom is -0.492 e. The van der Waals surface area contributed by atoms with Crippen molar-refractivity contribution >= 4 is 23.9 Å². The number of hydrogen-bond acceptors (Lipinski definition) is 7. The predicted molar refractivity (Wildman–Crippen MR) is 135 cm³/mol. The summed E-state index contributed by atoms with van der Waals surface area (Å²) in [6.07, 6.45) is -0.245. The van der Waals surface area contributed by atoms with E-state index >= 15 is 0 Å². The zero-order chi connectivity index (χ0) is 23.4. The molecule has 4 rings (SSSR count). The Balaban J connectivity index is 0.00000324. The Morgan fingerprint density at radius 2 is 1.82 bits per heavy atom. The number of rotatable bonds is 8. The highest BCUT2D eigenvalue weighted by Gasteiger charge is 2.32. The van der Waals surface area contributed by atoms with Crippen molar-refractivity contribution in [1.29, 1.82) is 0 Å². The van der Waals surface area contributed by atoms with Gasteiger partial charge in [0.05, 0.1) is 24.3 Å². The standard InChI is InChI=1S/C26H34N2O5.ClH/c1-4-31-24-8-6-5-7-22(24)28-13-11-27(12-14-28)17-19(29)18-32-20-9-10-21-23(30)16-26(2,3)33-25(21)15-20;/h5-10,15,19,29H,4,11-14,16-18H2,1-3H3;1H. The zero-order valence-corrected chi connectivity index (χ0v) is 21.0. The molecule has 1 fully saturated rings. The molecule has 186 valence electrons. The number of carbonyl (C=O) groups excluding carboxylic acids is 1. The number of hydrogen-bond donors (Lipinski definition) is 1. The Labute approximate surface area is 208 Å². The Morgan fingerprint density at radius 3 is 2.56 bits per heavy atom. The predicted octanol–water partition coefficient (Wildman–Crippen LogP) is 3.81. The van der Waals surface area contributed by atoms with Crippen LogP contribution in [0, 0.1) is 0 Å². The molecule has 2 heterocycles. The van der Waals surface area contributed by atoms with Crippen molar-refractivity contribution in [1.82, 2.24) is 4.90 Å². The Morgan fingerprint density at radius 1 is 1.09 bits per heavy atom. The summed E-state index contributed by atoms with van der Waals surface area (Å²) in [5.41, 5.74) is 1.19. The first-order chi connectivity index (χ1) is 15.8. The van der Waals surface area contributed by atoms with Crippen molar-refractivity contribution < 1.29 is 24.1 Å². The molecule has 2 aliphatic heterocycles. The van der Waals surface area contributed by atoms with Crippen molar-refractivity contribution in [3.05, 3.63) is 48.0 Å². The Bertz CT molecular complexity index is 975. The summed E-state index contributed by atoms with van der Waals surface area (Å²) in [5, 5.41) is 10.5. The number of Topliss-reactive ketones (excluding diaryl/α,β-unsaturated/α-hetero) is 1. The van der Waals surface area contributed by atoms with Crippen LogP contribution in [0.15, 0.2) is 42.5 Å². The lowest BCUT2D eigenvalue weighted by molar-refractivity contribution is 0.0596. The van der Waals surface area contributed by atoms with E-state index in [0.29, 0.717) is 36.6 Å². The van der Waals surface area contributed by atoms with E-state index in [4.69, 9.17) is 14.2 Å². The van der Waals surface area contributed by atoms with Crippen molar-refractivity contribution in [2.24, 2.45) is 0 Å². The van der Waals surface area contributed by atoms with E-state index in [9.17, 15) is 9.90 Å². The van der Waals surface area contributed by atoms with Gasteiger partial charge < -0.3 is 24.2 Å². The molecule has 1 unspecified atom stereocenters. The van der Waals surface area contributed by atoms with Crippen LogP contribution in [-0.2, 0) is 0 Å². The fourth-order valence-corrected chi connectivity index (χ4v) is 4.43. The molecular weight excluding hydrogens is 456 g/mol. The van der Waals surface area contributed by atoms with Gasteiger partial charge in [0.2, 0.25) is 0 Å². The number of halogens is 1. The minimum atomic E-state index is -0.609. The number of ether oxygens (including phenoxy) is 3. The number of anilines is 1. The summed E-state index contributed by atoms with van der Waals surface area (Å²) < 4.78 is 17.5. The first-order valence-corrected chi connectivity index (χ1v) is 11.7. The first kappa shape index (κ1) is 26.1. The summed E-state index contributed by atoms with van der Waals surface area (Å²) in [6, 6.07) is 13.4. The van der Waals surface area contributed by atoms with Gasteiger partial charge in [0, 0.05) is 38.8 Å². The van der Waals surface area contributed by atoms with Crippen molar-refractivity contribution in [2.45, 2.75) is 38.9 Å². The highest BCUT2D eigenvalue weighted by atomic mass is 35.5. The van der Waals surface area contributed by atoms with Crippen LogP contribution in [0.3, 0.4) is 0 Å². The second-order valence-electron chi connectivity index (χ2n) is 9.27. The third kappa shape index (κ3) is 6.34. The van der Waals surface area contributed by atoms with Crippen LogP contribution in [0.4, 0.5) is 5.69 Å². The lowest BCUT2D eigenvalue weighted by Crippen LogP contribution is -2.49. The van der Waals surface area contributed by atoms with Crippen LogP contribution in [0.1, 0.15) is 37.6 Å². The van der Waals surface area contributed by atoms with Crippen LogP contribution in [0.5, 0.6) is 17.2 Å². The molecule has 34 heavy (non-hydrogen) atoms. The first-order valence-electron chi connectivity index (χ1n) is 11.7. The molecule has 0 aliphatic carbocycles. The number of carbonyl (C=O) groups is 1. The van der Waals surface area contributed by atoms with Gasteiger partial charge in [-0.05, 0) is 45.0 Å². The summed E-state index contributed by atoms with van der Waals surface area (Å²) in [7, 11) is 0. The lowest BCUT2D eigenvalue weighted by Gasteiger charge is -2.37. The summed E-state index contributed by atoms with van der Waals surface area (Å²) >= 11 is 0. The van der Waals surface area contributed by atoms with Gasteiger partial charge in [-0.1, -0.05) is 12.1 Å². The van der Waals surface area contributed by atoms with Crippen LogP contribution in [0.2, 0.25) is 0 Å². The SMILES string of the molecule is CCOc1ccccc1N1CCN(CC(O)COc2ccc3c(c2)OC(C)(C)CC3=O)CC1.Cl. The van der Waals surface area contributed by atoms with Gasteiger partial charge in [0.15, 0.2) is 5.78 Å². The normalized spacial score (nSPS) is 18.4. The van der Waals surface area contributed by atoms with E-state index in [-0.39, 0.29) is 24.8 Å². The number of ketones is 1. The number of piperazine rings is 1. The number of fused-ring (bicyclic) bond motifs is 1. The fraction of sp³-hybridized carbons (Fsp3) is 0.500. The van der Waals surface area contributed by atoms with Gasteiger partial charge in [0.25, 0.3) is 0 Å². The lowest BCUT2D eigenvalue weighted by atomic mass is 9.93. The maximum Gasteiger partial charge on any atom is 0.170 e. The minimum absolute atomic E-state index is 0. The van der Waals surface area contributed by atoms with Gasteiger partial charge >= 0.3 is 0 Å². The van der Waals surface area contributed by atoms with Crippen LogP contribution in [-0.4, -0.2) is 73.4 Å². The maximum absolute atomic E-state index is 12.3. The molecule has 2 aliphatic rings. The number of β-amino-alcohol motifs (C(OH)–C–C–N with tert-alkyl or cyclic N) is 1. The van der Waals surface area contributed by atoms with E-state index in [0.717, 1.165) is 37.6 Å². The smallest absolute Gasteiger partial charge is 0.170 e. The Hall–Kier alpha value is -2.48. The number of para-hydroxylation sites is 2. The number of aliphatic hydroxyl groups excluding tert-OH is 1. The molecule has 0 saturated carbocycles. The molecule has 1 saturated heterocycles. The Kier molecular flexibility index (Phi) is 8.68. The van der Waals surface area contributed by atoms with E-state index < -0.39 is 11.7 Å². The quantitative estimate of drug-likeness (QED) is 0.603. The molecule has 0 radical (unpaired) electrons. The van der Waals surface area contributed by atoms with Crippen LogP contribution in [0.25, 0.3) is 0 Å². The summed E-state index contributed by atoms with van der Waals surface area (Å²) in [5.74, 6) is 2.14. The monoisotopic (exact) mass is 490 g/mol. The molecule has 1 atom stereocenters. The van der Waals surface area contributed by atoms with Crippen LogP contribution >= 0.6 is 12.4 Å². The van der Waals surface area contributed by atoms with E-state index in [1.807, 2.05) is 39.0 Å². The number of nitrogens with zero attached hydrogens (tertiary/aromatic N) is 2. The third-order valence-electron chi connectivity index (χ3n) is 6.02. The molecule has 0 amide bonds. The van der Waals surface area contributed by atoms with Crippen molar-refractivity contribution in [3.63, 3.8) is 0 Å². The largest absolute Gasteiger partial charge is 0.492 e. The zero-order valence-electron chi connectivity index (χ0n) is 20.2. The molecule has 0 aromatic heterocycles. The third-order valence-corrected chi connectivity index (χ3v) is 6.02. The van der Waals surface area contributed by atoms with Gasteiger partial charge in [-0.3, -0.25) is 9.69 Å². The molecule has 2 aromatic rings. The summed E-state index contributed by atoms with van der Waals surface area (Å²) in [6.45, 7) is 10.7. The topological polar surface area (TPSA) is 71.5 Å². The van der Waals surface area contributed by atoms with Crippen LogP contribution < -0.4 is 19.1 Å². The molecule has 7 nitrogen and oxygen atoms in total. The maximum atomic E-state index is 12.3. The van der Waals surface area contributed by atoms with Gasteiger partial charge in [0.1, 0.15) is 35.6 Å². The van der Waals surface area contributed by atoms with Crippen molar-refractivity contribution in [3.8, 4) is 17.2 Å². The average Bonchev–Trinajstić information content (AvgIpc) is 2.78. The van der Waals surface area contributed by atoms with E-state index in [1.165, 1.54) is 0 Å². The van der Waals surface area contributed by atoms with Gasteiger partial charge in [-0.25, -0.2) is 0 Å². The molecular formula is C26H35ClN2O5. The van der Waals surface area contributed by atoms with E-state index in [1.54, 1.807) is 18.2 Å². The molecule has 1 N–H and O–H groups in total. The van der Waals surface area contributed by atoms with Gasteiger partial charge in [-0.2, -0.15) is 0 Å². The second kappa shape index (κ2) is 11.3. The number of aliphatic hydroxyl groups is 1. The second-order valence-corrected chi connectivity index (χ2v) is 9.27. The molecule has 2 aromatic carbocycles. The van der Waals surface area contributed by atoms with Crippen molar-refractivity contribution in [2.75, 3.05) is 50.8 Å². The molecule has 0 bridgehead atoms. The molecule has 0 spiro atoms. The highest BCUT2D eigenvalue weighted by Crippen LogP contribution is 2.35. The van der Waals surface area contributed by atoms with E-state index in [2.05, 4.69) is 15.9 Å². The van der Waals surface area contributed by atoms with Gasteiger partial charge in [-0.15, -0.1) is 12.4 Å². The average molecular weight is 491 g/mol. The summed E-state index contributed by atoms with van der Waals surface area (Å²) in [4.78, 5) is 16.9. The fourth-order valence-electron chi connectivity index (χ4n) is 4.43. The molecule has 8 heteroatoms. The highest BCUT2D eigenvalue weighted by molar-refractivity contribution is 6.00. The number of benzene rings is 2.